The Kier molecular flexibility index (Phi) is 6.41. The van der Waals surface area contributed by atoms with Gasteiger partial charge in [-0.05, 0) is 5.44 Å². The maximum atomic E-state index is 9.18. The second-order valence-electron chi connectivity index (χ2n) is 2.70. The van der Waals surface area contributed by atoms with Gasteiger partial charge in [0.05, 0.1) is 12.7 Å². The van der Waals surface area contributed by atoms with Gasteiger partial charge in [0, 0.05) is 0 Å². The van der Waals surface area contributed by atoms with Crippen molar-refractivity contribution < 1.29 is 54.7 Å². The Morgan fingerprint density at radius 1 is 1.08 bits per heavy atom. The molecule has 1 heterocycles. The third-order valence-corrected chi connectivity index (χ3v) is 2.24. The van der Waals surface area contributed by atoms with Gasteiger partial charge >= 0.3 is 29.6 Å². The molecule has 13 heavy (non-hydrogen) atoms. The van der Waals surface area contributed by atoms with Crippen LogP contribution in [0.2, 0.25) is 0 Å². The first-order chi connectivity index (χ1) is 5.57. The largest absolute Gasteiger partial charge is 1.00 e. The van der Waals surface area contributed by atoms with Crippen LogP contribution in [0.4, 0.5) is 0 Å². The first-order valence-corrected chi connectivity index (χ1v) is 4.01. The van der Waals surface area contributed by atoms with Crippen molar-refractivity contribution in [2.75, 3.05) is 6.61 Å². The first-order valence-electron chi connectivity index (χ1n) is 3.54. The zero-order valence-electron chi connectivity index (χ0n) is 7.20. The Bertz CT molecular complexity index is 155. The van der Waals surface area contributed by atoms with Crippen molar-refractivity contribution in [3.05, 3.63) is 0 Å². The summed E-state index contributed by atoms with van der Waals surface area (Å²) in [6, 6.07) is 0. The summed E-state index contributed by atoms with van der Waals surface area (Å²) >= 11 is 4.63. The number of rotatable bonds is 1. The van der Waals surface area contributed by atoms with Crippen LogP contribution >= 0.6 is 0 Å². The van der Waals surface area contributed by atoms with Gasteiger partial charge in [0.1, 0.15) is 18.3 Å². The maximum absolute atomic E-state index is 9.18. The van der Waals surface area contributed by atoms with E-state index >= 15 is 0 Å². The minimum absolute atomic E-state index is 0. The molecule has 1 saturated heterocycles. The second kappa shape index (κ2) is 5.89. The van der Waals surface area contributed by atoms with Crippen LogP contribution in [0.15, 0.2) is 0 Å². The van der Waals surface area contributed by atoms with E-state index < -0.39 is 36.5 Å². The minimum atomic E-state index is -1.35. The Morgan fingerprint density at radius 3 is 2.08 bits per heavy atom. The molecule has 5 nitrogen and oxygen atoms in total. The zero-order chi connectivity index (χ0) is 9.30. The zero-order valence-corrected chi connectivity index (χ0v) is 10.0. The van der Waals surface area contributed by atoms with Crippen LogP contribution in [0.1, 0.15) is 0 Å². The van der Waals surface area contributed by atoms with E-state index in [0.717, 1.165) is 0 Å². The minimum Gasteiger partial charge on any atom is -0.759 e. The van der Waals surface area contributed by atoms with Crippen LogP contribution in [-0.4, -0.2) is 56.9 Å². The summed E-state index contributed by atoms with van der Waals surface area (Å²) in [5.41, 5.74) is -0.986. The van der Waals surface area contributed by atoms with Gasteiger partial charge in [-0.25, -0.2) is 0 Å². The molecule has 4 N–H and O–H groups in total. The van der Waals surface area contributed by atoms with Crippen molar-refractivity contribution in [1.29, 1.82) is 0 Å². The van der Waals surface area contributed by atoms with E-state index in [4.69, 9.17) is 20.1 Å². The molecule has 1 aliphatic heterocycles. The monoisotopic (exact) mass is 218 g/mol. The molecule has 72 valence electrons. The molecule has 5 atom stereocenters. The van der Waals surface area contributed by atoms with Crippen LogP contribution in [0.25, 0.3) is 0 Å². The van der Waals surface area contributed by atoms with Gasteiger partial charge in [-0.15, -0.1) is 0 Å². The number of hydrogen-bond acceptors (Lipinski definition) is 6. The number of aliphatic hydroxyl groups is 4. The van der Waals surface area contributed by atoms with Crippen LogP contribution in [0.5, 0.6) is 0 Å². The van der Waals surface area contributed by atoms with Crippen molar-refractivity contribution in [2.24, 2.45) is 0 Å². The van der Waals surface area contributed by atoms with Crippen molar-refractivity contribution in [3.8, 4) is 0 Å². The predicted octanol–water partition coefficient (Wildman–Crippen LogP) is -5.66. The van der Waals surface area contributed by atoms with Gasteiger partial charge < -0.3 is 37.8 Å². The molecule has 1 aliphatic rings. The summed E-state index contributed by atoms with van der Waals surface area (Å²) in [7, 11) is 0. The number of hydrogen-bond donors (Lipinski definition) is 4. The molecule has 0 aromatic heterocycles. The molecule has 0 spiro atoms. The fraction of sp³-hybridized carbons (Fsp3) is 1.00. The molecule has 0 aromatic carbocycles. The fourth-order valence-corrected chi connectivity index (χ4v) is 1.37. The van der Waals surface area contributed by atoms with Crippen molar-refractivity contribution in [3.63, 3.8) is 0 Å². The molecule has 0 amide bonds. The van der Waals surface area contributed by atoms with Crippen LogP contribution in [-0.2, 0) is 17.4 Å². The SMILES string of the molecule is OC[C@H]1O[C@@H]([S-])[C@H](O)[C@@H](O)[C@H]1O.[Na+]. The molecule has 7 heteroatoms. The third kappa shape index (κ3) is 3.05. The van der Waals surface area contributed by atoms with E-state index in [0.29, 0.717) is 0 Å². The quantitative estimate of drug-likeness (QED) is 0.259. The maximum Gasteiger partial charge on any atom is 1.00 e. The molecule has 0 bridgehead atoms. The average molecular weight is 218 g/mol. The van der Waals surface area contributed by atoms with Crippen LogP contribution < -0.4 is 29.6 Å². The van der Waals surface area contributed by atoms with E-state index in [1.807, 2.05) is 0 Å². The second-order valence-corrected chi connectivity index (χ2v) is 3.16. The molecule has 1 rings (SSSR count). The standard InChI is InChI=1S/C6H12O5S.Na/c7-1-2-3(8)4(9)5(10)6(12)11-2;/h2-10,12H,1H2;/q;+1/p-1/t2-,3+,4+,5-,6+;/m1./s1. The molecule has 0 aromatic rings. The molecular weight excluding hydrogens is 207 g/mol. The Labute approximate surface area is 103 Å². The molecule has 0 radical (unpaired) electrons. The topological polar surface area (TPSA) is 90.2 Å². The fourth-order valence-electron chi connectivity index (χ4n) is 1.07. The van der Waals surface area contributed by atoms with Gasteiger partial charge in [-0.1, -0.05) is 0 Å². The van der Waals surface area contributed by atoms with Crippen LogP contribution in [0, 0.1) is 0 Å². The summed E-state index contributed by atoms with van der Waals surface area (Å²) < 4.78 is 4.84. The predicted molar refractivity (Wildman–Crippen MR) is 41.1 cm³/mol. The molecule has 0 aliphatic carbocycles. The summed E-state index contributed by atoms with van der Waals surface area (Å²) in [5.74, 6) is 0. The Morgan fingerprint density at radius 2 is 1.62 bits per heavy atom. The number of aliphatic hydroxyl groups excluding tert-OH is 4. The summed E-state index contributed by atoms with van der Waals surface area (Å²) in [4.78, 5) is 0. The number of ether oxygens (including phenoxy) is 1. The Balaban J connectivity index is 0.00000144. The van der Waals surface area contributed by atoms with Crippen LogP contribution in [0.3, 0.4) is 0 Å². The smallest absolute Gasteiger partial charge is 0.759 e. The first kappa shape index (κ1) is 14.2. The molecule has 0 saturated carbocycles. The van der Waals surface area contributed by atoms with Crippen molar-refractivity contribution in [1.82, 2.24) is 0 Å². The third-order valence-electron chi connectivity index (χ3n) is 1.85. The van der Waals surface area contributed by atoms with Gasteiger partial charge in [-0.3, -0.25) is 0 Å². The van der Waals surface area contributed by atoms with E-state index in [2.05, 4.69) is 12.6 Å². The van der Waals surface area contributed by atoms with E-state index in [-0.39, 0.29) is 29.6 Å². The Hall–Kier alpha value is 1.15. The summed E-state index contributed by atoms with van der Waals surface area (Å²) in [6.07, 6.45) is -4.83. The molecule has 1 fully saturated rings. The van der Waals surface area contributed by atoms with Crippen molar-refractivity contribution in [2.45, 2.75) is 29.9 Å². The van der Waals surface area contributed by atoms with Gasteiger partial charge in [0.25, 0.3) is 0 Å². The molecular formula is C6H11NaO5S. The van der Waals surface area contributed by atoms with Gasteiger partial charge in [-0.2, -0.15) is 0 Å². The van der Waals surface area contributed by atoms with E-state index in [1.165, 1.54) is 0 Å². The summed E-state index contributed by atoms with van der Waals surface area (Å²) in [5, 5.41) is 36.1. The molecule has 0 unspecified atom stereocenters. The average Bonchev–Trinajstić information content (AvgIpc) is 2.08. The van der Waals surface area contributed by atoms with E-state index in [9.17, 15) is 5.11 Å². The normalized spacial score (nSPS) is 45.5. The van der Waals surface area contributed by atoms with Gasteiger partial charge in [0.2, 0.25) is 0 Å². The van der Waals surface area contributed by atoms with Gasteiger partial charge in [0.15, 0.2) is 0 Å². The van der Waals surface area contributed by atoms with E-state index in [1.54, 1.807) is 0 Å². The summed E-state index contributed by atoms with van der Waals surface area (Å²) in [6.45, 7) is -0.432. The van der Waals surface area contributed by atoms with Crippen molar-refractivity contribution >= 4 is 12.6 Å².